The summed E-state index contributed by atoms with van der Waals surface area (Å²) in [6.45, 7) is 21.2. The van der Waals surface area contributed by atoms with Crippen LogP contribution in [0.15, 0.2) is 53.4 Å². The average molecular weight is 554 g/mol. The van der Waals surface area contributed by atoms with Crippen molar-refractivity contribution in [3.8, 4) is 0 Å². The molecule has 0 spiro atoms. The van der Waals surface area contributed by atoms with Gasteiger partial charge in [0.25, 0.3) is 0 Å². The van der Waals surface area contributed by atoms with Crippen molar-refractivity contribution in [2.24, 2.45) is 4.99 Å². The average Bonchev–Trinajstić information content (AvgIpc) is 2.92. The van der Waals surface area contributed by atoms with Gasteiger partial charge >= 0.3 is 0 Å². The molecule has 0 fully saturated rings. The molecule has 2 heterocycles. The van der Waals surface area contributed by atoms with E-state index in [1.165, 1.54) is 17.7 Å². The molecule has 7 nitrogen and oxygen atoms in total. The second-order valence-corrected chi connectivity index (χ2v) is 11.7. The van der Waals surface area contributed by atoms with Crippen molar-refractivity contribution in [3.63, 3.8) is 0 Å². The van der Waals surface area contributed by atoms with Crippen LogP contribution in [0.4, 0.5) is 5.82 Å². The van der Waals surface area contributed by atoms with Gasteiger partial charge in [-0.05, 0) is 103 Å². The highest BCUT2D eigenvalue weighted by atomic mass is 16.5. The third-order valence-corrected chi connectivity index (χ3v) is 6.72. The molecule has 1 aromatic rings. The van der Waals surface area contributed by atoms with E-state index in [9.17, 15) is 0 Å². The SMILES string of the molecule is C=C(OC(C)(C)C)C(CCN(CCCCc1ccc2c(n1)NCCC2)CCOC)N=C(C)N/C=C(C)\C=C\CC. The summed E-state index contributed by atoms with van der Waals surface area (Å²) in [6, 6.07) is 4.31. The molecule has 1 atom stereocenters. The molecular formula is C33H55N5O2. The van der Waals surface area contributed by atoms with Crippen molar-refractivity contribution in [2.45, 2.75) is 98.1 Å². The highest BCUT2D eigenvalue weighted by Gasteiger charge is 2.21. The van der Waals surface area contributed by atoms with E-state index in [0.29, 0.717) is 12.4 Å². The number of allylic oxidation sites excluding steroid dienone is 3. The van der Waals surface area contributed by atoms with Crippen molar-refractivity contribution in [2.75, 3.05) is 45.2 Å². The Hall–Kier alpha value is -2.64. The molecular weight excluding hydrogens is 498 g/mol. The van der Waals surface area contributed by atoms with Gasteiger partial charge in [-0.25, -0.2) is 4.98 Å². The zero-order valence-electron chi connectivity index (χ0n) is 26.3. The van der Waals surface area contributed by atoms with Gasteiger partial charge in [0.05, 0.1) is 12.4 Å². The molecule has 7 heteroatoms. The van der Waals surface area contributed by atoms with Gasteiger partial charge < -0.3 is 25.0 Å². The summed E-state index contributed by atoms with van der Waals surface area (Å²) in [7, 11) is 1.76. The zero-order chi connectivity index (χ0) is 29.4. The molecule has 1 aliphatic rings. The maximum atomic E-state index is 6.17. The molecule has 2 N–H and O–H groups in total. The smallest absolute Gasteiger partial charge is 0.129 e. The molecule has 0 saturated carbocycles. The number of nitrogens with zero attached hydrogens (tertiary/aromatic N) is 3. The number of aromatic nitrogens is 1. The molecule has 0 aliphatic carbocycles. The highest BCUT2D eigenvalue weighted by Crippen LogP contribution is 2.21. The minimum absolute atomic E-state index is 0.135. The molecule has 0 aromatic carbocycles. The van der Waals surface area contributed by atoms with Crippen molar-refractivity contribution < 1.29 is 9.47 Å². The Balaban J connectivity index is 1.97. The number of aryl methyl sites for hydroxylation is 2. The molecule has 1 aliphatic heterocycles. The summed E-state index contributed by atoms with van der Waals surface area (Å²) in [6.07, 6.45) is 13.6. The van der Waals surface area contributed by atoms with E-state index in [1.54, 1.807) is 7.11 Å². The van der Waals surface area contributed by atoms with Gasteiger partial charge in [0.2, 0.25) is 0 Å². The number of fused-ring (bicyclic) bond motifs is 1. The topological polar surface area (TPSA) is 71.0 Å². The Morgan fingerprint density at radius 1 is 1.23 bits per heavy atom. The molecule has 1 aromatic heterocycles. The van der Waals surface area contributed by atoms with Gasteiger partial charge in [-0.3, -0.25) is 4.99 Å². The van der Waals surface area contributed by atoms with Gasteiger partial charge in [0.15, 0.2) is 0 Å². The van der Waals surface area contributed by atoms with E-state index in [1.807, 2.05) is 13.1 Å². The van der Waals surface area contributed by atoms with Crippen LogP contribution < -0.4 is 10.6 Å². The van der Waals surface area contributed by atoms with Crippen LogP contribution in [0.5, 0.6) is 0 Å². The number of hydrogen-bond acceptors (Lipinski definition) is 6. The normalized spacial score (nSPS) is 15.2. The second-order valence-electron chi connectivity index (χ2n) is 11.7. The van der Waals surface area contributed by atoms with Crippen molar-refractivity contribution in [3.05, 3.63) is 59.7 Å². The van der Waals surface area contributed by atoms with Crippen LogP contribution in [0.25, 0.3) is 0 Å². The van der Waals surface area contributed by atoms with E-state index in [4.69, 9.17) is 19.5 Å². The molecule has 224 valence electrons. The second kappa shape index (κ2) is 17.9. The summed E-state index contributed by atoms with van der Waals surface area (Å²) in [5.41, 5.74) is 3.37. The number of nitrogens with one attached hydrogen (secondary N) is 2. The predicted octanol–water partition coefficient (Wildman–Crippen LogP) is 6.68. The van der Waals surface area contributed by atoms with E-state index in [2.05, 4.69) is 81.0 Å². The Labute approximate surface area is 244 Å². The lowest BCUT2D eigenvalue weighted by Crippen LogP contribution is -2.33. The van der Waals surface area contributed by atoms with Crippen LogP contribution in [0.3, 0.4) is 0 Å². The summed E-state index contributed by atoms with van der Waals surface area (Å²) in [5, 5.41) is 6.78. The molecule has 0 radical (unpaired) electrons. The minimum Gasteiger partial charge on any atom is -0.491 e. The van der Waals surface area contributed by atoms with Gasteiger partial charge in [0, 0.05) is 38.6 Å². The lowest BCUT2D eigenvalue weighted by molar-refractivity contribution is 0.0417. The third-order valence-electron chi connectivity index (χ3n) is 6.72. The van der Waals surface area contributed by atoms with Crippen molar-refractivity contribution in [1.82, 2.24) is 15.2 Å². The predicted molar refractivity (Wildman–Crippen MR) is 170 cm³/mol. The standard InChI is InChI=1S/C33H55N5O2/c1-9-10-14-26(2)25-35-28(4)36-31(27(3)40-33(5,6)7)19-22-38(23-24-39-8)21-12-11-16-30-18-17-29-15-13-20-34-32(29)37-30/h10,14,17-18,25,31H,3,9,11-13,15-16,19-24H2,1-2,4-8H3,(H,34,37)(H,35,36)/b14-10+,26-25-. The number of unbranched alkanes of at least 4 members (excludes halogenated alkanes) is 1. The first-order valence-electron chi connectivity index (χ1n) is 15.1. The Morgan fingerprint density at radius 3 is 2.75 bits per heavy atom. The molecule has 40 heavy (non-hydrogen) atoms. The van der Waals surface area contributed by atoms with Crippen LogP contribution in [-0.4, -0.2) is 67.3 Å². The number of methoxy groups -OCH3 is 1. The number of aliphatic imine (C=N–C) groups is 1. The summed E-state index contributed by atoms with van der Waals surface area (Å²) < 4.78 is 11.6. The Morgan fingerprint density at radius 2 is 2.02 bits per heavy atom. The quantitative estimate of drug-likeness (QED) is 0.0738. The maximum absolute atomic E-state index is 6.17. The lowest BCUT2D eigenvalue weighted by atomic mass is 10.1. The van der Waals surface area contributed by atoms with Gasteiger partial charge in [0.1, 0.15) is 23.2 Å². The number of anilines is 1. The first kappa shape index (κ1) is 33.6. The fourth-order valence-corrected chi connectivity index (χ4v) is 4.61. The highest BCUT2D eigenvalue weighted by molar-refractivity contribution is 5.80. The van der Waals surface area contributed by atoms with Crippen molar-refractivity contribution in [1.29, 1.82) is 0 Å². The minimum atomic E-state index is -0.316. The maximum Gasteiger partial charge on any atom is 0.129 e. The van der Waals surface area contributed by atoms with Crippen LogP contribution in [0.2, 0.25) is 0 Å². The monoisotopic (exact) mass is 553 g/mol. The number of hydrogen-bond donors (Lipinski definition) is 2. The van der Waals surface area contributed by atoms with Gasteiger partial charge in [-0.1, -0.05) is 31.7 Å². The lowest BCUT2D eigenvalue weighted by Gasteiger charge is -2.28. The van der Waals surface area contributed by atoms with Crippen LogP contribution in [0.1, 0.15) is 84.9 Å². The largest absolute Gasteiger partial charge is 0.491 e. The summed E-state index contributed by atoms with van der Waals surface area (Å²) >= 11 is 0. The first-order valence-corrected chi connectivity index (χ1v) is 15.1. The molecule has 0 amide bonds. The van der Waals surface area contributed by atoms with E-state index in [0.717, 1.165) is 81.9 Å². The molecule has 2 rings (SSSR count). The molecule has 0 bridgehead atoms. The zero-order valence-corrected chi connectivity index (χ0v) is 26.3. The molecule has 0 saturated heterocycles. The van der Waals surface area contributed by atoms with Crippen LogP contribution >= 0.6 is 0 Å². The fourth-order valence-electron chi connectivity index (χ4n) is 4.61. The van der Waals surface area contributed by atoms with E-state index >= 15 is 0 Å². The van der Waals surface area contributed by atoms with Gasteiger partial charge in [-0.15, -0.1) is 0 Å². The third kappa shape index (κ3) is 13.6. The summed E-state index contributed by atoms with van der Waals surface area (Å²) in [5.74, 6) is 2.64. The number of rotatable bonds is 17. The Bertz CT molecular complexity index is 993. The Kier molecular flexibility index (Phi) is 15.0. The van der Waals surface area contributed by atoms with E-state index in [-0.39, 0.29) is 11.6 Å². The van der Waals surface area contributed by atoms with Gasteiger partial charge in [-0.2, -0.15) is 0 Å². The number of ether oxygens (including phenoxy) is 2. The van der Waals surface area contributed by atoms with E-state index < -0.39 is 0 Å². The fraction of sp³-hybridized carbons (Fsp3) is 0.636. The van der Waals surface area contributed by atoms with Crippen molar-refractivity contribution >= 4 is 11.7 Å². The number of pyridine rings is 1. The van der Waals surface area contributed by atoms with Crippen LogP contribution in [-0.2, 0) is 22.3 Å². The first-order chi connectivity index (χ1) is 19.1. The number of amidine groups is 1. The summed E-state index contributed by atoms with van der Waals surface area (Å²) in [4.78, 5) is 12.3. The molecule has 1 unspecified atom stereocenters. The van der Waals surface area contributed by atoms with Crippen LogP contribution in [0, 0.1) is 0 Å².